The van der Waals surface area contributed by atoms with E-state index in [-0.39, 0.29) is 29.8 Å². The van der Waals surface area contributed by atoms with Crippen LogP contribution in [0.25, 0.3) is 5.57 Å². The van der Waals surface area contributed by atoms with Crippen LogP contribution in [0.15, 0.2) is 114 Å². The number of nitrogens with zero attached hydrogens (tertiary/aromatic N) is 6. The van der Waals surface area contributed by atoms with Crippen molar-refractivity contribution in [2.45, 2.75) is 59.7 Å². The number of carbonyl (C=O) groups is 1. The first-order chi connectivity index (χ1) is 25.8. The molecule has 1 unspecified atom stereocenters. The summed E-state index contributed by atoms with van der Waals surface area (Å²) in [6.07, 6.45) is 19.5. The summed E-state index contributed by atoms with van der Waals surface area (Å²) >= 11 is 0. The second-order valence-electron chi connectivity index (χ2n) is 13.2. The molecule has 3 aromatic rings. The van der Waals surface area contributed by atoms with Gasteiger partial charge >= 0.3 is 6.18 Å². The third-order valence-corrected chi connectivity index (χ3v) is 9.35. The molecule has 0 radical (unpaired) electrons. The molecule has 0 saturated heterocycles. The molecule has 1 atom stereocenters. The molecule has 0 bridgehead atoms. The lowest BCUT2D eigenvalue weighted by Gasteiger charge is -2.29. The molecule has 5 rings (SSSR count). The second kappa shape index (κ2) is 19.8. The number of benzene rings is 1. The zero-order valence-electron chi connectivity index (χ0n) is 31.7. The highest BCUT2D eigenvalue weighted by atomic mass is 19.4. The molecule has 0 spiro atoms. The van der Waals surface area contributed by atoms with Crippen LogP contribution >= 0.6 is 0 Å². The largest absolute Gasteiger partial charge is 0.416 e. The molecular formula is C42H50F4N6O2. The minimum absolute atomic E-state index is 0.0343. The maximum absolute atomic E-state index is 13.8. The molecule has 0 aliphatic heterocycles. The standard InChI is InChI=1S/C33H39F3N6O2.C9H11F/c1-5-40(6-2)16-17-41(21-25-8-7-9-27(11-10-25)28-12-14-30(15-13-28)33(34,35)36)31(43)23-42-22-29(32(44)38-24(42)3)18-26-19-37-39(4)20-26;1-2-8-4-3-5-9(10)7-6-8/h7-15,19-20,22,25H,5-6,16-18,21,23H2,1-4H3;4-7H,2-3H2,1H3. The van der Waals surface area contributed by atoms with E-state index >= 15 is 0 Å². The quantitative estimate of drug-likeness (QED) is 0.166. The summed E-state index contributed by atoms with van der Waals surface area (Å²) < 4.78 is 54.9. The van der Waals surface area contributed by atoms with Crippen LogP contribution in [-0.2, 0) is 31.0 Å². The summed E-state index contributed by atoms with van der Waals surface area (Å²) in [5, 5.41) is 4.17. The third-order valence-electron chi connectivity index (χ3n) is 9.35. The van der Waals surface area contributed by atoms with E-state index in [2.05, 4.69) is 35.8 Å². The molecule has 2 heterocycles. The molecule has 54 heavy (non-hydrogen) atoms. The van der Waals surface area contributed by atoms with Crippen molar-refractivity contribution in [3.05, 3.63) is 147 Å². The van der Waals surface area contributed by atoms with Gasteiger partial charge in [0.25, 0.3) is 5.56 Å². The van der Waals surface area contributed by atoms with Crippen LogP contribution in [0.1, 0.15) is 61.7 Å². The Bertz CT molecular complexity index is 1960. The number of likely N-dealkylation sites (N-methyl/N-ethyl adjacent to an activating group) is 1. The van der Waals surface area contributed by atoms with E-state index in [1.165, 1.54) is 23.8 Å². The first kappa shape index (κ1) is 41.7. The fourth-order valence-electron chi connectivity index (χ4n) is 6.03. The molecular weight excluding hydrogens is 696 g/mol. The molecule has 8 nitrogen and oxygen atoms in total. The van der Waals surface area contributed by atoms with Crippen LogP contribution in [-0.4, -0.2) is 67.8 Å². The third kappa shape index (κ3) is 12.5. The maximum atomic E-state index is 13.8. The Morgan fingerprint density at radius 3 is 2.37 bits per heavy atom. The number of aryl methyl sites for hydroxylation is 2. The predicted octanol–water partition coefficient (Wildman–Crippen LogP) is 8.03. The summed E-state index contributed by atoms with van der Waals surface area (Å²) in [6.45, 7) is 11.4. The lowest BCUT2D eigenvalue weighted by Crippen LogP contribution is -2.42. The lowest BCUT2D eigenvalue weighted by atomic mass is 10.0. The molecule has 2 aliphatic carbocycles. The van der Waals surface area contributed by atoms with E-state index in [1.807, 2.05) is 60.7 Å². The number of hydrogen-bond acceptors (Lipinski definition) is 5. The summed E-state index contributed by atoms with van der Waals surface area (Å²) in [5.41, 5.74) is 3.04. The first-order valence-corrected chi connectivity index (χ1v) is 18.3. The number of hydrogen-bond donors (Lipinski definition) is 0. The summed E-state index contributed by atoms with van der Waals surface area (Å²) in [4.78, 5) is 34.7. The van der Waals surface area contributed by atoms with E-state index < -0.39 is 11.7 Å². The van der Waals surface area contributed by atoms with Crippen LogP contribution in [0.4, 0.5) is 17.6 Å². The number of amides is 1. The zero-order chi connectivity index (χ0) is 39.3. The van der Waals surface area contributed by atoms with Crippen molar-refractivity contribution in [3.8, 4) is 0 Å². The van der Waals surface area contributed by atoms with Crippen molar-refractivity contribution in [2.24, 2.45) is 13.0 Å². The Labute approximate surface area is 315 Å². The lowest BCUT2D eigenvalue weighted by molar-refractivity contribution is -0.137. The van der Waals surface area contributed by atoms with Crippen LogP contribution in [0.5, 0.6) is 0 Å². The normalized spacial score (nSPS) is 15.5. The van der Waals surface area contributed by atoms with Crippen molar-refractivity contribution in [2.75, 3.05) is 32.7 Å². The van der Waals surface area contributed by atoms with Gasteiger partial charge in [-0.25, -0.2) is 4.39 Å². The zero-order valence-corrected chi connectivity index (χ0v) is 31.7. The molecule has 0 fully saturated rings. The molecule has 0 N–H and O–H groups in total. The van der Waals surface area contributed by atoms with Gasteiger partial charge in [0.2, 0.25) is 5.91 Å². The van der Waals surface area contributed by atoms with E-state index in [4.69, 9.17) is 0 Å². The van der Waals surface area contributed by atoms with Crippen molar-refractivity contribution in [1.82, 2.24) is 29.1 Å². The minimum Gasteiger partial charge on any atom is -0.339 e. The average Bonchev–Trinajstić information content (AvgIpc) is 3.29. The van der Waals surface area contributed by atoms with Gasteiger partial charge in [-0.05, 0) is 73.8 Å². The highest BCUT2D eigenvalue weighted by Crippen LogP contribution is 2.30. The van der Waals surface area contributed by atoms with E-state index in [0.29, 0.717) is 43.0 Å². The Morgan fingerprint density at radius 1 is 0.981 bits per heavy atom. The molecule has 1 amide bonds. The Hall–Kier alpha value is -5.10. The van der Waals surface area contributed by atoms with Crippen LogP contribution < -0.4 is 5.56 Å². The Morgan fingerprint density at radius 2 is 1.72 bits per heavy atom. The number of halogens is 4. The molecule has 12 heteroatoms. The Balaban J connectivity index is 0.000000562. The minimum atomic E-state index is -4.39. The molecule has 0 saturated carbocycles. The highest BCUT2D eigenvalue weighted by Gasteiger charge is 2.30. The number of allylic oxidation sites excluding steroid dienone is 10. The van der Waals surface area contributed by atoms with Gasteiger partial charge in [0.15, 0.2) is 0 Å². The van der Waals surface area contributed by atoms with Gasteiger partial charge in [-0.1, -0.05) is 81.0 Å². The van der Waals surface area contributed by atoms with Gasteiger partial charge in [0.05, 0.1) is 11.8 Å². The van der Waals surface area contributed by atoms with Gasteiger partial charge < -0.3 is 14.4 Å². The Kier molecular flexibility index (Phi) is 15.3. The van der Waals surface area contributed by atoms with Gasteiger partial charge in [-0.15, -0.1) is 0 Å². The summed E-state index contributed by atoms with van der Waals surface area (Å²) in [6, 6.07) is 5.10. The molecule has 288 valence electrons. The summed E-state index contributed by atoms with van der Waals surface area (Å²) in [7, 11) is 1.81. The fraction of sp³-hybridized carbons (Fsp3) is 0.381. The van der Waals surface area contributed by atoms with Crippen molar-refractivity contribution < 1.29 is 22.4 Å². The predicted molar refractivity (Wildman–Crippen MR) is 206 cm³/mol. The van der Waals surface area contributed by atoms with E-state index in [9.17, 15) is 27.2 Å². The highest BCUT2D eigenvalue weighted by molar-refractivity contribution is 5.77. The van der Waals surface area contributed by atoms with E-state index in [0.717, 1.165) is 49.2 Å². The van der Waals surface area contributed by atoms with Gasteiger partial charge in [-0.3, -0.25) is 14.3 Å². The smallest absolute Gasteiger partial charge is 0.339 e. The summed E-state index contributed by atoms with van der Waals surface area (Å²) in [5.74, 6) is 0.134. The van der Waals surface area contributed by atoms with Crippen LogP contribution in [0, 0.1) is 12.8 Å². The van der Waals surface area contributed by atoms with Gasteiger partial charge in [0, 0.05) is 57.0 Å². The number of alkyl halides is 3. The molecule has 1 aromatic carbocycles. The number of aromatic nitrogens is 4. The van der Waals surface area contributed by atoms with Crippen molar-refractivity contribution in [3.63, 3.8) is 0 Å². The van der Waals surface area contributed by atoms with Crippen molar-refractivity contribution >= 4 is 11.5 Å². The molecule has 2 aromatic heterocycles. The SMILES string of the molecule is CCC1=CCC=C(F)C=C1.CCN(CC)CCN(CC1C=CC=C(c2ccc(C(F)(F)F)cc2)C=C1)C(=O)Cn1cc(Cc2cnn(C)c2)c(=O)nc1C. The fourth-order valence-corrected chi connectivity index (χ4v) is 6.03. The van der Waals surface area contributed by atoms with E-state index in [1.54, 1.807) is 34.6 Å². The van der Waals surface area contributed by atoms with Gasteiger partial charge in [0.1, 0.15) is 18.2 Å². The van der Waals surface area contributed by atoms with Gasteiger partial charge in [-0.2, -0.15) is 23.3 Å². The second-order valence-corrected chi connectivity index (χ2v) is 13.2. The number of carbonyl (C=O) groups excluding carboxylic acids is 1. The monoisotopic (exact) mass is 746 g/mol. The number of rotatable bonds is 13. The average molecular weight is 747 g/mol. The molecule has 2 aliphatic rings. The van der Waals surface area contributed by atoms with Crippen LogP contribution in [0.2, 0.25) is 0 Å². The van der Waals surface area contributed by atoms with Crippen LogP contribution in [0.3, 0.4) is 0 Å². The first-order valence-electron chi connectivity index (χ1n) is 18.3. The maximum Gasteiger partial charge on any atom is 0.416 e. The van der Waals surface area contributed by atoms with Crippen molar-refractivity contribution in [1.29, 1.82) is 0 Å². The topological polar surface area (TPSA) is 76.3 Å².